The van der Waals surface area contributed by atoms with E-state index in [0.29, 0.717) is 24.2 Å². The van der Waals surface area contributed by atoms with Crippen LogP contribution in [0.2, 0.25) is 0 Å². The summed E-state index contributed by atoms with van der Waals surface area (Å²) in [6, 6.07) is 17.0. The number of rotatable bonds is 18. The number of hydrogen-bond donors (Lipinski definition) is 0. The number of carbonyl (C=O) groups is 2. The summed E-state index contributed by atoms with van der Waals surface area (Å²) in [5.41, 5.74) is 2.87. The molecule has 6 rings (SSSR count). The van der Waals surface area contributed by atoms with Crippen LogP contribution in [0.1, 0.15) is 101 Å². The van der Waals surface area contributed by atoms with Gasteiger partial charge in [-0.3, -0.25) is 9.59 Å². The summed E-state index contributed by atoms with van der Waals surface area (Å²) in [7, 11) is 0. The maximum atomic E-state index is 14.6. The van der Waals surface area contributed by atoms with Gasteiger partial charge in [0.2, 0.25) is 0 Å². The second-order valence-corrected chi connectivity index (χ2v) is 16.2. The zero-order valence-electron chi connectivity index (χ0n) is 27.0. The third-order valence-corrected chi connectivity index (χ3v) is 13.2. The fraction of sp³-hybridized carbons (Fsp3) is 0.421. The molecule has 46 heavy (non-hydrogen) atoms. The molecule has 0 aliphatic carbocycles. The van der Waals surface area contributed by atoms with Gasteiger partial charge in [-0.15, -0.1) is 45.3 Å². The van der Waals surface area contributed by atoms with Gasteiger partial charge in [0.25, 0.3) is 11.8 Å². The molecule has 0 bridgehead atoms. The van der Waals surface area contributed by atoms with E-state index >= 15 is 0 Å². The summed E-state index contributed by atoms with van der Waals surface area (Å²) in [6.45, 7) is 5.76. The smallest absolute Gasteiger partial charge is 0.261 e. The van der Waals surface area contributed by atoms with E-state index in [1.165, 1.54) is 70.9 Å². The zero-order valence-corrected chi connectivity index (χ0v) is 30.3. The van der Waals surface area contributed by atoms with E-state index in [9.17, 15) is 9.59 Å². The van der Waals surface area contributed by atoms with Crippen LogP contribution in [0.25, 0.3) is 30.9 Å². The van der Waals surface area contributed by atoms with Gasteiger partial charge in [-0.2, -0.15) is 0 Å². The standard InChI is InChI=1S/C38H44N2O2S4/c1-3-5-7-9-11-13-23-39-35(31-21-19-29(45-31)27-17-15-25-43-27)33-34(37(39)41)36(32-22-20-30(46-32)28-18-16-26-44-28)40(38(33)42)24-14-12-10-8-6-4-2/h15-22,25-26H,3-14,23-24H2,1-2H3. The number of nitrogens with zero attached hydrogens (tertiary/aromatic N) is 2. The van der Waals surface area contributed by atoms with Crippen molar-refractivity contribution in [2.24, 2.45) is 0 Å². The largest absolute Gasteiger partial charge is 0.306 e. The molecule has 0 radical (unpaired) electrons. The van der Waals surface area contributed by atoms with E-state index < -0.39 is 0 Å². The maximum absolute atomic E-state index is 14.6. The molecule has 0 atom stereocenters. The first-order chi connectivity index (χ1) is 22.6. The van der Waals surface area contributed by atoms with Gasteiger partial charge in [0.15, 0.2) is 0 Å². The van der Waals surface area contributed by atoms with E-state index in [1.807, 2.05) is 9.80 Å². The van der Waals surface area contributed by atoms with Crippen LogP contribution in [-0.4, -0.2) is 34.7 Å². The van der Waals surface area contributed by atoms with Gasteiger partial charge in [-0.25, -0.2) is 0 Å². The van der Waals surface area contributed by atoms with Crippen LogP contribution in [0, 0.1) is 0 Å². The number of unbranched alkanes of at least 4 members (excludes halogenated alkanes) is 10. The number of fused-ring (bicyclic) bond motifs is 1. The highest BCUT2D eigenvalue weighted by Gasteiger charge is 2.49. The van der Waals surface area contributed by atoms with Crippen molar-refractivity contribution in [1.82, 2.24) is 9.80 Å². The molecular weight excluding hydrogens is 645 g/mol. The SMILES string of the molecule is CCCCCCCCN1C(=O)C2=C(c3ccc(-c4cccs4)s3)N(CCCCCCCC)C(=O)C2=C1c1ccc(-c2cccs2)s1. The maximum Gasteiger partial charge on any atom is 0.261 e. The van der Waals surface area contributed by atoms with Crippen molar-refractivity contribution < 1.29 is 9.59 Å². The Morgan fingerprint density at radius 1 is 0.478 bits per heavy atom. The lowest BCUT2D eigenvalue weighted by molar-refractivity contribution is -0.124. The highest BCUT2D eigenvalue weighted by atomic mass is 32.1. The van der Waals surface area contributed by atoms with Gasteiger partial charge >= 0.3 is 0 Å². The highest BCUT2D eigenvalue weighted by molar-refractivity contribution is 7.22. The summed E-state index contributed by atoms with van der Waals surface area (Å²) in [4.78, 5) is 39.9. The van der Waals surface area contributed by atoms with Crippen molar-refractivity contribution in [2.45, 2.75) is 90.9 Å². The summed E-state index contributed by atoms with van der Waals surface area (Å²) in [5.74, 6) is -0.0194. The molecule has 242 valence electrons. The van der Waals surface area contributed by atoms with Crippen molar-refractivity contribution in [3.05, 3.63) is 80.2 Å². The molecule has 4 aromatic heterocycles. The zero-order chi connectivity index (χ0) is 31.9. The van der Waals surface area contributed by atoms with Crippen LogP contribution in [0.4, 0.5) is 0 Å². The molecule has 0 aromatic carbocycles. The second-order valence-electron chi connectivity index (χ2n) is 12.2. The molecule has 2 aliphatic rings. The number of thiophene rings is 4. The second kappa shape index (κ2) is 15.9. The van der Waals surface area contributed by atoms with Gasteiger partial charge in [0, 0.05) is 32.6 Å². The summed E-state index contributed by atoms with van der Waals surface area (Å²) in [5, 5.41) is 4.19. The monoisotopic (exact) mass is 688 g/mol. The van der Waals surface area contributed by atoms with E-state index in [-0.39, 0.29) is 11.8 Å². The number of carbonyl (C=O) groups excluding carboxylic acids is 2. The van der Waals surface area contributed by atoms with Crippen LogP contribution in [-0.2, 0) is 9.59 Å². The normalized spacial score (nSPS) is 14.9. The van der Waals surface area contributed by atoms with Gasteiger partial charge in [-0.1, -0.05) is 90.2 Å². The molecule has 0 unspecified atom stereocenters. The molecular formula is C38H44N2O2S4. The molecule has 0 fully saturated rings. The molecule has 2 aliphatic heterocycles. The molecule has 4 aromatic rings. The molecule has 4 nitrogen and oxygen atoms in total. The first-order valence-corrected chi connectivity index (χ1v) is 20.4. The summed E-state index contributed by atoms with van der Waals surface area (Å²) >= 11 is 6.83. The molecule has 2 amide bonds. The van der Waals surface area contributed by atoms with Crippen molar-refractivity contribution in [3.63, 3.8) is 0 Å². The van der Waals surface area contributed by atoms with Gasteiger partial charge < -0.3 is 9.80 Å². The van der Waals surface area contributed by atoms with Crippen molar-refractivity contribution in [2.75, 3.05) is 13.1 Å². The van der Waals surface area contributed by atoms with Crippen molar-refractivity contribution >= 4 is 68.6 Å². The average Bonchev–Trinajstić information content (AvgIpc) is 3.90. The van der Waals surface area contributed by atoms with Crippen molar-refractivity contribution in [1.29, 1.82) is 0 Å². The minimum absolute atomic E-state index is 0.00972. The minimum atomic E-state index is -0.00972. The first-order valence-electron chi connectivity index (χ1n) is 17.0. The Bertz CT molecular complexity index is 1550. The fourth-order valence-corrected chi connectivity index (χ4v) is 10.3. The van der Waals surface area contributed by atoms with Gasteiger partial charge in [-0.05, 0) is 60.0 Å². The Hall–Kier alpha value is -2.78. The first kappa shape index (κ1) is 33.1. The van der Waals surface area contributed by atoms with Gasteiger partial charge in [0.1, 0.15) is 0 Å². The Morgan fingerprint density at radius 2 is 0.870 bits per heavy atom. The van der Waals surface area contributed by atoms with Crippen LogP contribution in [0.15, 0.2) is 70.4 Å². The Kier molecular flexibility index (Phi) is 11.4. The van der Waals surface area contributed by atoms with E-state index in [2.05, 4.69) is 73.1 Å². The van der Waals surface area contributed by atoms with Crippen LogP contribution in [0.5, 0.6) is 0 Å². The lowest BCUT2D eigenvalue weighted by atomic mass is 10.1. The number of amides is 2. The summed E-state index contributed by atoms with van der Waals surface area (Å²) < 4.78 is 0. The molecule has 6 heterocycles. The topological polar surface area (TPSA) is 40.6 Å². The quantitative estimate of drug-likeness (QED) is 0.0976. The Morgan fingerprint density at radius 3 is 1.26 bits per heavy atom. The Labute approximate surface area is 290 Å². The Balaban J connectivity index is 1.38. The minimum Gasteiger partial charge on any atom is -0.306 e. The van der Waals surface area contributed by atoms with Crippen LogP contribution >= 0.6 is 45.3 Å². The van der Waals surface area contributed by atoms with E-state index in [0.717, 1.165) is 46.8 Å². The van der Waals surface area contributed by atoms with E-state index in [1.54, 1.807) is 45.3 Å². The van der Waals surface area contributed by atoms with Gasteiger partial charge in [0.05, 0.1) is 32.3 Å². The summed E-state index contributed by atoms with van der Waals surface area (Å²) in [6.07, 6.45) is 13.9. The lowest BCUT2D eigenvalue weighted by Crippen LogP contribution is -2.30. The lowest BCUT2D eigenvalue weighted by Gasteiger charge is -2.24. The molecule has 0 saturated carbocycles. The predicted octanol–water partition coefficient (Wildman–Crippen LogP) is 11.8. The third-order valence-electron chi connectivity index (χ3n) is 8.86. The van der Waals surface area contributed by atoms with E-state index in [4.69, 9.17) is 0 Å². The van der Waals surface area contributed by atoms with Crippen LogP contribution < -0.4 is 0 Å². The molecule has 0 N–H and O–H groups in total. The third kappa shape index (κ3) is 7.05. The predicted molar refractivity (Wildman–Crippen MR) is 199 cm³/mol. The van der Waals surface area contributed by atoms with Crippen molar-refractivity contribution in [3.8, 4) is 19.5 Å². The van der Waals surface area contributed by atoms with Crippen LogP contribution in [0.3, 0.4) is 0 Å². The number of hydrogen-bond acceptors (Lipinski definition) is 6. The average molecular weight is 689 g/mol. The molecule has 0 spiro atoms. The molecule has 8 heteroatoms. The fourth-order valence-electron chi connectivity index (χ4n) is 6.47. The highest BCUT2D eigenvalue weighted by Crippen LogP contribution is 2.50. The molecule has 0 saturated heterocycles.